The Hall–Kier alpha value is -1.50. The van der Waals surface area contributed by atoms with Crippen LogP contribution in [-0.4, -0.2) is 59.7 Å². The summed E-state index contributed by atoms with van der Waals surface area (Å²) in [7, 11) is 0. The van der Waals surface area contributed by atoms with Crippen LogP contribution in [0.1, 0.15) is 44.1 Å². The highest BCUT2D eigenvalue weighted by atomic mass is 16.5. The van der Waals surface area contributed by atoms with E-state index in [-0.39, 0.29) is 11.4 Å². The molecule has 0 spiro atoms. The Morgan fingerprint density at radius 2 is 2.19 bits per heavy atom. The second-order valence-corrected chi connectivity index (χ2v) is 7.93. The molecule has 4 heterocycles. The van der Waals surface area contributed by atoms with Gasteiger partial charge in [0.25, 0.3) is 0 Å². The van der Waals surface area contributed by atoms with Crippen LogP contribution in [0.15, 0.2) is 24.5 Å². The molecule has 26 heavy (non-hydrogen) atoms. The second-order valence-electron chi connectivity index (χ2n) is 7.93. The van der Waals surface area contributed by atoms with E-state index in [9.17, 15) is 4.79 Å². The van der Waals surface area contributed by atoms with Gasteiger partial charge in [-0.15, -0.1) is 0 Å². The third kappa shape index (κ3) is 3.77. The molecule has 3 saturated heterocycles. The first kappa shape index (κ1) is 17.9. The zero-order chi connectivity index (χ0) is 17.8. The van der Waals surface area contributed by atoms with Crippen molar-refractivity contribution in [2.24, 2.45) is 0 Å². The lowest BCUT2D eigenvalue weighted by molar-refractivity contribution is -0.134. The van der Waals surface area contributed by atoms with Gasteiger partial charge in [-0.2, -0.15) is 0 Å². The minimum atomic E-state index is -0.330. The number of nitrogens with zero attached hydrogens (tertiary/aromatic N) is 2. The number of amides is 1. The zero-order valence-electron chi connectivity index (χ0n) is 15.5. The van der Waals surface area contributed by atoms with Gasteiger partial charge < -0.3 is 15.4 Å². The van der Waals surface area contributed by atoms with E-state index in [1.54, 1.807) is 6.20 Å². The Bertz CT molecular complexity index is 605. The largest absolute Gasteiger partial charge is 0.381 e. The SMILES string of the molecule is O=C(NCc1cccnc1)[C@]12CCCCN1CC(NC1CCOCC1)C2. The van der Waals surface area contributed by atoms with Gasteiger partial charge in [0.2, 0.25) is 5.91 Å². The molecule has 6 heteroatoms. The Balaban J connectivity index is 1.40. The maximum atomic E-state index is 13.2. The quantitative estimate of drug-likeness (QED) is 0.834. The molecule has 1 amide bonds. The number of hydrogen-bond donors (Lipinski definition) is 2. The average Bonchev–Trinajstić information content (AvgIpc) is 3.07. The molecule has 0 aliphatic carbocycles. The van der Waals surface area contributed by atoms with E-state index < -0.39 is 0 Å². The van der Waals surface area contributed by atoms with Crippen LogP contribution >= 0.6 is 0 Å². The Kier molecular flexibility index (Phi) is 5.52. The van der Waals surface area contributed by atoms with Crippen molar-refractivity contribution in [2.75, 3.05) is 26.3 Å². The number of aromatic nitrogens is 1. The standard InChI is InChI=1S/C20H30N4O2/c25-19(22-14-16-4-3-8-21-13-16)20-7-1-2-9-24(20)15-18(12-20)23-17-5-10-26-11-6-17/h3-4,8,13,17-18,23H,1-2,5-7,9-12,14-15H2,(H,22,25)/t18?,20-/m1/s1. The van der Waals surface area contributed by atoms with Gasteiger partial charge in [0.1, 0.15) is 5.54 Å². The van der Waals surface area contributed by atoms with Crippen LogP contribution in [-0.2, 0) is 16.1 Å². The van der Waals surface area contributed by atoms with Crippen molar-refractivity contribution >= 4 is 5.91 Å². The van der Waals surface area contributed by atoms with Crippen molar-refractivity contribution in [3.05, 3.63) is 30.1 Å². The van der Waals surface area contributed by atoms with Crippen molar-refractivity contribution in [1.82, 2.24) is 20.5 Å². The highest BCUT2D eigenvalue weighted by molar-refractivity contribution is 5.87. The topological polar surface area (TPSA) is 66.5 Å². The number of carbonyl (C=O) groups is 1. The number of piperidine rings is 1. The molecule has 0 bridgehead atoms. The number of nitrogens with one attached hydrogen (secondary N) is 2. The third-order valence-electron chi connectivity index (χ3n) is 6.19. The number of hydrogen-bond acceptors (Lipinski definition) is 5. The fourth-order valence-corrected chi connectivity index (χ4v) is 4.84. The molecule has 3 aliphatic heterocycles. The molecule has 3 fully saturated rings. The highest BCUT2D eigenvalue weighted by Gasteiger charge is 2.51. The van der Waals surface area contributed by atoms with E-state index in [1.807, 2.05) is 18.3 Å². The summed E-state index contributed by atoms with van der Waals surface area (Å²) < 4.78 is 5.47. The van der Waals surface area contributed by atoms with Gasteiger partial charge in [0.15, 0.2) is 0 Å². The lowest BCUT2D eigenvalue weighted by Gasteiger charge is -2.40. The molecule has 1 aromatic heterocycles. The maximum Gasteiger partial charge on any atom is 0.240 e. The molecule has 0 radical (unpaired) electrons. The molecule has 142 valence electrons. The highest BCUT2D eigenvalue weighted by Crippen LogP contribution is 2.38. The Morgan fingerprint density at radius 1 is 1.31 bits per heavy atom. The summed E-state index contributed by atoms with van der Waals surface area (Å²) in [6, 6.07) is 4.86. The summed E-state index contributed by atoms with van der Waals surface area (Å²) in [6.07, 6.45) is 9.97. The van der Waals surface area contributed by atoms with Gasteiger partial charge >= 0.3 is 0 Å². The zero-order valence-corrected chi connectivity index (χ0v) is 15.5. The fraction of sp³-hybridized carbons (Fsp3) is 0.700. The monoisotopic (exact) mass is 358 g/mol. The molecule has 4 rings (SSSR count). The lowest BCUT2D eigenvalue weighted by atomic mass is 9.84. The molecule has 6 nitrogen and oxygen atoms in total. The molecule has 2 atom stereocenters. The van der Waals surface area contributed by atoms with E-state index in [0.29, 0.717) is 18.6 Å². The Labute approximate surface area is 155 Å². The van der Waals surface area contributed by atoms with Gasteiger partial charge in [0, 0.05) is 50.8 Å². The minimum Gasteiger partial charge on any atom is -0.381 e. The molecular formula is C20H30N4O2. The first-order valence-corrected chi connectivity index (χ1v) is 10.0. The maximum absolute atomic E-state index is 13.2. The summed E-state index contributed by atoms with van der Waals surface area (Å²) in [5, 5.41) is 7.00. The predicted octanol–water partition coefficient (Wildman–Crippen LogP) is 1.46. The van der Waals surface area contributed by atoms with E-state index in [1.165, 1.54) is 6.42 Å². The van der Waals surface area contributed by atoms with Gasteiger partial charge in [-0.25, -0.2) is 0 Å². The summed E-state index contributed by atoms with van der Waals surface area (Å²) in [6.45, 7) is 4.28. The number of pyridine rings is 1. The summed E-state index contributed by atoms with van der Waals surface area (Å²) >= 11 is 0. The molecular weight excluding hydrogens is 328 g/mol. The molecule has 1 aromatic rings. The van der Waals surface area contributed by atoms with Gasteiger partial charge in [-0.1, -0.05) is 6.07 Å². The third-order valence-corrected chi connectivity index (χ3v) is 6.19. The van der Waals surface area contributed by atoms with E-state index in [4.69, 9.17) is 4.74 Å². The van der Waals surface area contributed by atoms with Crippen molar-refractivity contribution < 1.29 is 9.53 Å². The molecule has 1 unspecified atom stereocenters. The normalized spacial score (nSPS) is 30.1. The Morgan fingerprint density at radius 3 is 3.00 bits per heavy atom. The molecule has 2 N–H and O–H groups in total. The van der Waals surface area contributed by atoms with E-state index in [0.717, 1.165) is 64.0 Å². The molecule has 3 aliphatic rings. The minimum absolute atomic E-state index is 0.192. The predicted molar refractivity (Wildman–Crippen MR) is 99.6 cm³/mol. The van der Waals surface area contributed by atoms with Crippen LogP contribution in [0.25, 0.3) is 0 Å². The lowest BCUT2D eigenvalue weighted by Crippen LogP contribution is -2.57. The van der Waals surface area contributed by atoms with Crippen LogP contribution in [0.2, 0.25) is 0 Å². The number of rotatable bonds is 5. The van der Waals surface area contributed by atoms with Crippen LogP contribution < -0.4 is 10.6 Å². The molecule has 0 saturated carbocycles. The fourth-order valence-electron chi connectivity index (χ4n) is 4.84. The van der Waals surface area contributed by atoms with E-state index >= 15 is 0 Å². The van der Waals surface area contributed by atoms with Gasteiger partial charge in [-0.3, -0.25) is 14.7 Å². The summed E-state index contributed by atoms with van der Waals surface area (Å²) in [4.78, 5) is 19.8. The van der Waals surface area contributed by atoms with E-state index in [2.05, 4.69) is 20.5 Å². The average molecular weight is 358 g/mol. The van der Waals surface area contributed by atoms with Crippen LogP contribution in [0.3, 0.4) is 0 Å². The van der Waals surface area contributed by atoms with Crippen LogP contribution in [0, 0.1) is 0 Å². The van der Waals surface area contributed by atoms with Crippen molar-refractivity contribution in [3.63, 3.8) is 0 Å². The van der Waals surface area contributed by atoms with Crippen molar-refractivity contribution in [3.8, 4) is 0 Å². The second kappa shape index (κ2) is 8.03. The number of fused-ring (bicyclic) bond motifs is 1. The number of ether oxygens (including phenoxy) is 1. The van der Waals surface area contributed by atoms with Crippen LogP contribution in [0.4, 0.5) is 0 Å². The van der Waals surface area contributed by atoms with Crippen LogP contribution in [0.5, 0.6) is 0 Å². The van der Waals surface area contributed by atoms with Crippen molar-refractivity contribution in [1.29, 1.82) is 0 Å². The molecule has 0 aromatic carbocycles. The smallest absolute Gasteiger partial charge is 0.240 e. The van der Waals surface area contributed by atoms with Gasteiger partial charge in [-0.05, 0) is 56.7 Å². The van der Waals surface area contributed by atoms with Gasteiger partial charge in [0.05, 0.1) is 0 Å². The first-order valence-electron chi connectivity index (χ1n) is 10.0. The van der Waals surface area contributed by atoms with Crippen molar-refractivity contribution in [2.45, 2.75) is 62.7 Å². The number of carbonyl (C=O) groups excluding carboxylic acids is 1. The summed E-state index contributed by atoms with van der Waals surface area (Å²) in [5.74, 6) is 0.192. The first-order chi connectivity index (χ1) is 12.8. The summed E-state index contributed by atoms with van der Waals surface area (Å²) in [5.41, 5.74) is 0.720.